The molecule has 180 valence electrons. The van der Waals surface area contributed by atoms with Crippen LogP contribution in [0, 0.1) is 11.3 Å². The lowest BCUT2D eigenvalue weighted by Gasteiger charge is -2.17. The smallest absolute Gasteiger partial charge is 0.323 e. The Morgan fingerprint density at radius 2 is 1.74 bits per heavy atom. The van der Waals surface area contributed by atoms with E-state index in [1.165, 1.54) is 6.07 Å². The Balaban J connectivity index is 0.00000167. The number of anilines is 2. The minimum atomic E-state index is -4.96. The number of hydrogen-bond acceptors (Lipinski definition) is 8. The summed E-state index contributed by atoms with van der Waals surface area (Å²) in [7, 11) is -4.96. The fourth-order valence-electron chi connectivity index (χ4n) is 3.38. The van der Waals surface area contributed by atoms with Crippen LogP contribution in [0.4, 0.5) is 11.4 Å². The van der Waals surface area contributed by atoms with Crippen molar-refractivity contribution in [1.29, 1.82) is 5.26 Å². The van der Waals surface area contributed by atoms with Crippen molar-refractivity contribution in [2.75, 3.05) is 16.8 Å². The zero-order chi connectivity index (χ0) is 25.9. The fraction of sp³-hybridized carbons (Fsp3) is 0.136. The Labute approximate surface area is 211 Å². The van der Waals surface area contributed by atoms with E-state index in [2.05, 4.69) is 5.32 Å². The van der Waals surface area contributed by atoms with Gasteiger partial charge in [0.05, 0.1) is 27.4 Å². The molecular weight excluding hydrogens is 512 g/mol. The van der Waals surface area contributed by atoms with Crippen LogP contribution in [0.25, 0.3) is 5.57 Å². The highest BCUT2D eigenvalue weighted by atomic mass is 32.2. The van der Waals surface area contributed by atoms with Crippen LogP contribution in [-0.4, -0.2) is 45.9 Å². The molecule has 0 aliphatic carbocycles. The molecule has 1 fully saturated rings. The summed E-state index contributed by atoms with van der Waals surface area (Å²) in [6, 6.07) is 14.7. The SMILES string of the molecule is CC.N#Cc1ccccc1NC(=O)CN1C(=O)C(=C2SC(=S)N(S(=O)(=O)O)C2=O)c2ccccc21. The summed E-state index contributed by atoms with van der Waals surface area (Å²) < 4.78 is 32.0. The highest BCUT2D eigenvalue weighted by molar-refractivity contribution is 8.27. The summed E-state index contributed by atoms with van der Waals surface area (Å²) in [5.41, 5.74) is 1.04. The van der Waals surface area contributed by atoms with Gasteiger partial charge in [-0.3, -0.25) is 23.8 Å². The third-order valence-corrected chi connectivity index (χ3v) is 7.15. The normalized spacial score (nSPS) is 17.0. The van der Waals surface area contributed by atoms with Gasteiger partial charge in [0, 0.05) is 5.56 Å². The molecule has 0 saturated carbocycles. The van der Waals surface area contributed by atoms with Crippen LogP contribution in [0.3, 0.4) is 0 Å². The highest BCUT2D eigenvalue weighted by Crippen LogP contribution is 2.44. The number of nitriles is 1. The third-order valence-electron chi connectivity index (χ3n) is 4.74. The number of nitrogens with one attached hydrogen (secondary N) is 1. The van der Waals surface area contributed by atoms with Gasteiger partial charge >= 0.3 is 10.3 Å². The maximum Gasteiger partial charge on any atom is 0.368 e. The molecule has 1 saturated heterocycles. The van der Waals surface area contributed by atoms with Crippen LogP contribution in [-0.2, 0) is 24.7 Å². The number of thioether (sulfide) groups is 1. The number of carbonyl (C=O) groups excluding carboxylic acids is 3. The maximum absolute atomic E-state index is 13.3. The summed E-state index contributed by atoms with van der Waals surface area (Å²) in [6.45, 7) is 3.57. The lowest BCUT2D eigenvalue weighted by atomic mass is 10.1. The summed E-state index contributed by atoms with van der Waals surface area (Å²) in [5.74, 6) is -2.46. The van der Waals surface area contributed by atoms with Crippen molar-refractivity contribution in [2.45, 2.75) is 13.8 Å². The van der Waals surface area contributed by atoms with E-state index in [9.17, 15) is 32.6 Å². The standard InChI is InChI=1S/C20H12N4O6S3.C2H6/c21-9-11-5-1-3-7-13(11)22-15(25)10-23-14-8-4-2-6-12(14)16(18(23)26)17-19(27)24(20(31)32-17)33(28,29)30;1-2/h1-8H,10H2,(H,22,25)(H,28,29,30);1-2H3. The average Bonchev–Trinajstić information content (AvgIpc) is 3.27. The van der Waals surface area contributed by atoms with Gasteiger partial charge in [-0.2, -0.15) is 18.0 Å². The molecule has 0 unspecified atom stereocenters. The van der Waals surface area contributed by atoms with Gasteiger partial charge in [0.2, 0.25) is 5.91 Å². The van der Waals surface area contributed by atoms with Crippen molar-refractivity contribution in [2.24, 2.45) is 0 Å². The molecule has 0 bridgehead atoms. The van der Waals surface area contributed by atoms with Crippen molar-refractivity contribution in [3.8, 4) is 6.07 Å². The molecule has 2 aromatic carbocycles. The minimum Gasteiger partial charge on any atom is -0.323 e. The number of fused-ring (bicyclic) bond motifs is 1. The van der Waals surface area contributed by atoms with Crippen LogP contribution in [0.15, 0.2) is 53.4 Å². The van der Waals surface area contributed by atoms with E-state index in [1.807, 2.05) is 19.9 Å². The predicted octanol–water partition coefficient (Wildman–Crippen LogP) is 2.94. The second-order valence-electron chi connectivity index (χ2n) is 6.73. The largest absolute Gasteiger partial charge is 0.368 e. The van der Waals surface area contributed by atoms with Crippen molar-refractivity contribution < 1.29 is 27.4 Å². The van der Waals surface area contributed by atoms with Crippen LogP contribution >= 0.6 is 24.0 Å². The van der Waals surface area contributed by atoms with Gasteiger partial charge in [0.15, 0.2) is 4.32 Å². The number of carbonyl (C=O) groups is 3. The minimum absolute atomic E-state index is 0.0411. The number of para-hydroxylation sites is 2. The molecule has 0 atom stereocenters. The topological polar surface area (TPSA) is 148 Å². The zero-order valence-corrected chi connectivity index (χ0v) is 20.8. The Morgan fingerprint density at radius 3 is 2.37 bits per heavy atom. The van der Waals surface area contributed by atoms with E-state index < -0.39 is 38.9 Å². The zero-order valence-electron chi connectivity index (χ0n) is 18.4. The summed E-state index contributed by atoms with van der Waals surface area (Å²) >= 11 is 5.46. The number of nitrogens with zero attached hydrogens (tertiary/aromatic N) is 3. The molecule has 10 nitrogen and oxygen atoms in total. The van der Waals surface area contributed by atoms with Gasteiger partial charge in [0.25, 0.3) is 11.8 Å². The van der Waals surface area contributed by atoms with E-state index >= 15 is 0 Å². The molecular formula is C22H18N4O6S3. The van der Waals surface area contributed by atoms with Gasteiger partial charge in [-0.25, -0.2) is 0 Å². The molecule has 2 aliphatic rings. The molecule has 0 aromatic heterocycles. The van der Waals surface area contributed by atoms with Gasteiger partial charge < -0.3 is 5.32 Å². The van der Waals surface area contributed by atoms with Crippen LogP contribution < -0.4 is 10.2 Å². The lowest BCUT2D eigenvalue weighted by Crippen LogP contribution is -2.36. The highest BCUT2D eigenvalue weighted by Gasteiger charge is 2.46. The monoisotopic (exact) mass is 530 g/mol. The van der Waals surface area contributed by atoms with E-state index in [0.717, 1.165) is 4.90 Å². The Bertz CT molecular complexity index is 1430. The predicted molar refractivity (Wildman–Crippen MR) is 135 cm³/mol. The van der Waals surface area contributed by atoms with Crippen molar-refractivity contribution >= 4 is 73.3 Å². The first-order chi connectivity index (χ1) is 16.6. The maximum atomic E-state index is 13.3. The quantitative estimate of drug-likeness (QED) is 0.346. The number of hydrogen-bond donors (Lipinski definition) is 2. The molecule has 0 spiro atoms. The molecule has 2 heterocycles. The van der Waals surface area contributed by atoms with E-state index in [1.54, 1.807) is 42.5 Å². The number of rotatable bonds is 4. The second kappa shape index (κ2) is 10.4. The van der Waals surface area contributed by atoms with Crippen molar-refractivity contribution in [1.82, 2.24) is 4.31 Å². The number of amides is 3. The first-order valence-electron chi connectivity index (χ1n) is 10.1. The molecule has 2 aliphatic heterocycles. The Kier molecular flexibility index (Phi) is 7.71. The van der Waals surface area contributed by atoms with E-state index in [-0.39, 0.29) is 26.0 Å². The van der Waals surface area contributed by atoms with Crippen LogP contribution in [0.5, 0.6) is 0 Å². The first-order valence-corrected chi connectivity index (χ1v) is 12.7. The van der Waals surface area contributed by atoms with Crippen LogP contribution in [0.2, 0.25) is 0 Å². The van der Waals surface area contributed by atoms with Gasteiger partial charge in [-0.05, 0) is 18.2 Å². The molecule has 3 amide bonds. The molecule has 2 aromatic rings. The average molecular weight is 531 g/mol. The van der Waals surface area contributed by atoms with E-state index in [4.69, 9.17) is 12.2 Å². The summed E-state index contributed by atoms with van der Waals surface area (Å²) in [4.78, 5) is 39.5. The van der Waals surface area contributed by atoms with Gasteiger partial charge in [-0.15, -0.1) is 0 Å². The summed E-state index contributed by atoms with van der Waals surface area (Å²) in [6.07, 6.45) is 0. The lowest BCUT2D eigenvalue weighted by molar-refractivity contribution is -0.119. The second-order valence-corrected chi connectivity index (χ2v) is 9.64. The molecule has 35 heavy (non-hydrogen) atoms. The Hall–Kier alpha value is -3.57. The third kappa shape index (κ3) is 4.96. The molecule has 13 heteroatoms. The van der Waals surface area contributed by atoms with Gasteiger partial charge in [-0.1, -0.05) is 68.2 Å². The van der Waals surface area contributed by atoms with Gasteiger partial charge in [0.1, 0.15) is 12.6 Å². The van der Waals surface area contributed by atoms with Crippen molar-refractivity contribution in [3.63, 3.8) is 0 Å². The van der Waals surface area contributed by atoms with E-state index in [0.29, 0.717) is 23.0 Å². The Morgan fingerprint density at radius 1 is 1.11 bits per heavy atom. The molecule has 2 N–H and O–H groups in total. The number of thiocarbonyl (C=S) groups is 1. The van der Waals surface area contributed by atoms with Crippen LogP contribution in [0.1, 0.15) is 25.0 Å². The number of benzene rings is 2. The fourth-order valence-corrected chi connectivity index (χ4v) is 5.76. The first kappa shape index (κ1) is 26.0. The molecule has 0 radical (unpaired) electrons. The van der Waals surface area contributed by atoms with Crippen molar-refractivity contribution in [3.05, 3.63) is 64.6 Å². The molecule has 4 rings (SSSR count). The summed E-state index contributed by atoms with van der Waals surface area (Å²) in [5, 5.41) is 11.8.